The minimum absolute atomic E-state index is 0.00901. The van der Waals surface area contributed by atoms with Crippen molar-refractivity contribution in [1.29, 1.82) is 0 Å². The van der Waals surface area contributed by atoms with E-state index in [9.17, 15) is 4.79 Å². The molecule has 1 aliphatic heterocycles. The van der Waals surface area contributed by atoms with Crippen LogP contribution in [-0.2, 0) is 24.4 Å². The first-order valence-electron chi connectivity index (χ1n) is 18.6. The van der Waals surface area contributed by atoms with Crippen LogP contribution in [0.5, 0.6) is 11.5 Å². The van der Waals surface area contributed by atoms with Crippen molar-refractivity contribution in [3.63, 3.8) is 0 Å². The zero-order valence-corrected chi connectivity index (χ0v) is 39.2. The molecule has 4 atom stereocenters. The van der Waals surface area contributed by atoms with Gasteiger partial charge < -0.3 is 22.8 Å². The quantitative estimate of drug-likeness (QED) is 0.144. The molecule has 4 rings (SSSR count). The van der Waals surface area contributed by atoms with Crippen LogP contribution >= 0.6 is 23.8 Å². The molecule has 0 aliphatic carbocycles. The number of aromatic amines is 1. The molecule has 1 aliphatic rings. The van der Waals surface area contributed by atoms with Crippen LogP contribution in [0.2, 0.25) is 59.4 Å². The van der Waals surface area contributed by atoms with Gasteiger partial charge in [0.1, 0.15) is 34.5 Å². The Morgan fingerprint density at radius 3 is 1.89 bits per heavy atom. The smallest absolute Gasteiger partial charge is 0.328 e. The van der Waals surface area contributed by atoms with E-state index < -0.39 is 49.5 Å². The van der Waals surface area contributed by atoms with Gasteiger partial charge in [0.15, 0.2) is 31.2 Å². The van der Waals surface area contributed by atoms with Gasteiger partial charge in [-0.2, -0.15) is 0 Å². The molecule has 1 saturated heterocycles. The number of ether oxygens (including phenoxy) is 2. The standard InChI is InChI=1S/C40H63ClN2O6SSi3/c1-38(2,3)51(10,11)45-26-32-33(48-52(12,13)39(4,5)6)34(49-53(14,15)40(7,8)9)36(47-32)43-25-28(35(50)42-37(43)44)23-27-17-16-18-31(24-27)46-30-21-19-29(41)20-22-30/h16-22,24-25,32-34,36H,23,26H2,1-15H3,(H,42,44,50)/t32-,33-,34-,36-/m1/s1. The van der Waals surface area contributed by atoms with Gasteiger partial charge in [-0.15, -0.1) is 0 Å². The Hall–Kier alpha value is -1.88. The zero-order chi connectivity index (χ0) is 39.9. The highest BCUT2D eigenvalue weighted by Crippen LogP contribution is 2.46. The van der Waals surface area contributed by atoms with Crippen LogP contribution in [0.15, 0.2) is 59.5 Å². The predicted molar refractivity (Wildman–Crippen MR) is 228 cm³/mol. The van der Waals surface area contributed by atoms with Crippen LogP contribution in [0.25, 0.3) is 0 Å². The Balaban J connectivity index is 1.79. The summed E-state index contributed by atoms with van der Waals surface area (Å²) >= 11 is 11.8. The lowest BCUT2D eigenvalue weighted by molar-refractivity contribution is -0.0510. The van der Waals surface area contributed by atoms with Crippen LogP contribution < -0.4 is 10.4 Å². The van der Waals surface area contributed by atoms with E-state index in [1.165, 1.54) is 0 Å². The Morgan fingerprint density at radius 2 is 1.34 bits per heavy atom. The number of hydrogen-bond acceptors (Lipinski definition) is 7. The summed E-state index contributed by atoms with van der Waals surface area (Å²) in [6.45, 7) is 33.9. The highest BCUT2D eigenvalue weighted by atomic mass is 35.5. The summed E-state index contributed by atoms with van der Waals surface area (Å²) in [6.07, 6.45) is 0.0448. The van der Waals surface area contributed by atoms with Gasteiger partial charge in [-0.3, -0.25) is 9.55 Å². The molecule has 0 amide bonds. The van der Waals surface area contributed by atoms with Crippen molar-refractivity contribution >= 4 is 48.8 Å². The molecule has 1 aromatic heterocycles. The van der Waals surface area contributed by atoms with E-state index in [4.69, 9.17) is 46.6 Å². The minimum Gasteiger partial charge on any atom is -0.457 e. The third kappa shape index (κ3) is 10.5. The van der Waals surface area contributed by atoms with E-state index >= 15 is 0 Å². The molecule has 0 bridgehead atoms. The third-order valence-electron chi connectivity index (χ3n) is 11.8. The molecule has 1 N–H and O–H groups in total. The molecule has 53 heavy (non-hydrogen) atoms. The first kappa shape index (κ1) is 43.8. The highest BCUT2D eigenvalue weighted by Gasteiger charge is 2.55. The summed E-state index contributed by atoms with van der Waals surface area (Å²) in [5, 5.41) is 0.492. The molecule has 294 valence electrons. The third-order valence-corrected chi connectivity index (χ3v) is 25.9. The second kappa shape index (κ2) is 15.9. The molecule has 0 spiro atoms. The van der Waals surface area contributed by atoms with Crippen molar-refractivity contribution in [2.24, 2.45) is 0 Å². The Morgan fingerprint density at radius 1 is 0.792 bits per heavy atom. The van der Waals surface area contributed by atoms with Crippen LogP contribution in [-0.4, -0.2) is 59.4 Å². The molecule has 0 radical (unpaired) electrons. The van der Waals surface area contributed by atoms with Gasteiger partial charge >= 0.3 is 5.69 Å². The van der Waals surface area contributed by atoms with Gasteiger partial charge in [-0.1, -0.05) is 98.3 Å². The van der Waals surface area contributed by atoms with Gasteiger partial charge in [0, 0.05) is 23.2 Å². The summed E-state index contributed by atoms with van der Waals surface area (Å²) in [5.41, 5.74) is 1.40. The second-order valence-corrected chi connectivity index (χ2v) is 34.2. The van der Waals surface area contributed by atoms with E-state index in [0.29, 0.717) is 34.2 Å². The van der Waals surface area contributed by atoms with Crippen molar-refractivity contribution in [2.45, 2.75) is 148 Å². The van der Waals surface area contributed by atoms with E-state index in [1.807, 2.05) is 42.6 Å². The average Bonchev–Trinajstić information content (AvgIpc) is 3.32. The number of halogens is 1. The molecule has 2 aromatic carbocycles. The summed E-state index contributed by atoms with van der Waals surface area (Å²) < 4.78 is 36.5. The van der Waals surface area contributed by atoms with Crippen LogP contribution in [0.3, 0.4) is 0 Å². The predicted octanol–water partition coefficient (Wildman–Crippen LogP) is 11.6. The summed E-state index contributed by atoms with van der Waals surface area (Å²) in [6, 6.07) is 15.1. The largest absolute Gasteiger partial charge is 0.457 e. The maximum Gasteiger partial charge on any atom is 0.328 e. The minimum atomic E-state index is -2.42. The Labute approximate surface area is 331 Å². The van der Waals surface area contributed by atoms with Crippen molar-refractivity contribution < 1.29 is 22.8 Å². The molecule has 2 heterocycles. The zero-order valence-electron chi connectivity index (χ0n) is 34.6. The first-order valence-corrected chi connectivity index (χ1v) is 28.1. The number of hydrogen-bond donors (Lipinski definition) is 1. The molecule has 8 nitrogen and oxygen atoms in total. The Kier molecular flexibility index (Phi) is 13.2. The second-order valence-electron chi connectivity index (χ2n) is 19.0. The van der Waals surface area contributed by atoms with Crippen molar-refractivity contribution in [3.8, 4) is 11.5 Å². The molecule has 13 heteroatoms. The number of H-pyrrole nitrogens is 1. The number of nitrogens with zero attached hydrogens (tertiary/aromatic N) is 1. The monoisotopic (exact) mass is 818 g/mol. The summed E-state index contributed by atoms with van der Waals surface area (Å²) in [7, 11) is -6.93. The van der Waals surface area contributed by atoms with Gasteiger partial charge in [-0.25, -0.2) is 4.79 Å². The number of aromatic nitrogens is 2. The first-order chi connectivity index (χ1) is 24.1. The van der Waals surface area contributed by atoms with E-state index in [-0.39, 0.29) is 20.8 Å². The lowest BCUT2D eigenvalue weighted by Crippen LogP contribution is -2.54. The van der Waals surface area contributed by atoms with Gasteiger partial charge in [-0.05, 0) is 96.4 Å². The SMILES string of the molecule is CC(C)(C)[Si](C)(C)OC[C@H]1O[C@@H](n2cc(Cc3cccc(Oc4ccc(Cl)cc4)c3)c(=S)[nH]c2=O)[C@H](O[Si](C)(C)C(C)(C)C)[C@@H]1O[Si](C)(C)C(C)(C)C. The van der Waals surface area contributed by atoms with Crippen molar-refractivity contribution in [2.75, 3.05) is 6.61 Å². The molecule has 1 fully saturated rings. The fourth-order valence-corrected chi connectivity index (χ4v) is 9.25. The van der Waals surface area contributed by atoms with Gasteiger partial charge in [0.05, 0.1) is 6.61 Å². The summed E-state index contributed by atoms with van der Waals surface area (Å²) in [5.74, 6) is 1.37. The van der Waals surface area contributed by atoms with Crippen molar-refractivity contribution in [3.05, 3.63) is 86.0 Å². The number of benzene rings is 2. The Bertz CT molecular complexity index is 1840. The normalized spacial score (nSPS) is 20.5. The summed E-state index contributed by atoms with van der Waals surface area (Å²) in [4.78, 5) is 16.9. The molecular weight excluding hydrogens is 756 g/mol. The van der Waals surface area contributed by atoms with Gasteiger partial charge in [0.25, 0.3) is 0 Å². The van der Waals surface area contributed by atoms with E-state index in [1.54, 1.807) is 16.7 Å². The van der Waals surface area contributed by atoms with Crippen LogP contribution in [0.4, 0.5) is 0 Å². The fourth-order valence-electron chi connectivity index (χ4n) is 5.29. The van der Waals surface area contributed by atoms with E-state index in [0.717, 1.165) is 11.1 Å². The highest BCUT2D eigenvalue weighted by molar-refractivity contribution is 7.71. The fraction of sp³-hybridized carbons (Fsp3) is 0.600. The average molecular weight is 820 g/mol. The van der Waals surface area contributed by atoms with Crippen LogP contribution in [0, 0.1) is 4.64 Å². The topological polar surface area (TPSA) is 83.9 Å². The maximum atomic E-state index is 14.0. The molecule has 0 saturated carbocycles. The lowest BCUT2D eigenvalue weighted by Gasteiger charge is -2.44. The van der Waals surface area contributed by atoms with Crippen molar-refractivity contribution in [1.82, 2.24) is 9.55 Å². The van der Waals surface area contributed by atoms with E-state index in [2.05, 4.69) is 107 Å². The lowest BCUT2D eigenvalue weighted by atomic mass is 10.1. The molecular formula is C40H63ClN2O6SSi3. The number of nitrogens with one attached hydrogen (secondary N) is 1. The van der Waals surface area contributed by atoms with Gasteiger partial charge in [0.2, 0.25) is 0 Å². The number of rotatable bonds is 12. The molecule has 3 aromatic rings. The molecule has 0 unspecified atom stereocenters. The maximum absolute atomic E-state index is 14.0. The van der Waals surface area contributed by atoms with Crippen LogP contribution in [0.1, 0.15) is 79.7 Å².